The van der Waals surface area contributed by atoms with Crippen LogP contribution in [0.5, 0.6) is 0 Å². The number of carbonyl (C=O) groups excluding carboxylic acids is 2. The minimum absolute atomic E-state index is 0. The second kappa shape index (κ2) is 15.0. The first kappa shape index (κ1) is 36.0. The van der Waals surface area contributed by atoms with Crippen molar-refractivity contribution in [3.05, 3.63) is 127 Å². The predicted octanol–water partition coefficient (Wildman–Crippen LogP) is 5.88. The molecule has 15 heteroatoms. The van der Waals surface area contributed by atoms with E-state index in [1.54, 1.807) is 0 Å². The third kappa shape index (κ3) is 9.90. The number of hydrogen-bond donors (Lipinski definition) is 0. The fourth-order valence-electron chi connectivity index (χ4n) is 3.21. The zero-order valence-corrected chi connectivity index (χ0v) is 29.5. The fraction of sp³-hybridized carbons (Fsp3) is 0. The van der Waals surface area contributed by atoms with Crippen LogP contribution >= 0.6 is 46.4 Å². The van der Waals surface area contributed by atoms with Crippen LogP contribution in [0.25, 0.3) is 0 Å². The number of rotatable bonds is 6. The number of carbonyl (C=O) groups is 2. The molecular formula is C26H14BaCl4O8S2. The van der Waals surface area contributed by atoms with E-state index in [2.05, 4.69) is 0 Å². The van der Waals surface area contributed by atoms with E-state index in [0.29, 0.717) is 21.2 Å². The summed E-state index contributed by atoms with van der Waals surface area (Å²) < 4.78 is 66.2. The van der Waals surface area contributed by atoms with Crippen LogP contribution in [0.2, 0.25) is 20.1 Å². The number of halogens is 4. The van der Waals surface area contributed by atoms with Crippen LogP contribution in [0, 0.1) is 0 Å². The largest absolute Gasteiger partial charge is 2.00 e. The summed E-state index contributed by atoms with van der Waals surface area (Å²) in [5.74, 6) is -0.855. The summed E-state index contributed by atoms with van der Waals surface area (Å²) in [6.45, 7) is 0. The molecule has 0 amide bonds. The molecule has 0 saturated carbocycles. The minimum Gasteiger partial charge on any atom is -0.744 e. The molecule has 8 nitrogen and oxygen atoms in total. The van der Waals surface area contributed by atoms with Crippen LogP contribution < -0.4 is 0 Å². The Labute approximate surface area is 296 Å². The van der Waals surface area contributed by atoms with Crippen LogP contribution in [-0.2, 0) is 20.2 Å². The first-order chi connectivity index (χ1) is 18.6. The third-order valence-electron chi connectivity index (χ3n) is 5.14. The van der Waals surface area contributed by atoms with Gasteiger partial charge in [-0.2, -0.15) is 0 Å². The molecule has 0 fully saturated rings. The quantitative estimate of drug-likeness (QED) is 0.134. The molecule has 0 spiro atoms. The van der Waals surface area contributed by atoms with E-state index < -0.39 is 41.6 Å². The molecule has 0 N–H and O–H groups in total. The van der Waals surface area contributed by atoms with Gasteiger partial charge in [-0.3, -0.25) is 9.59 Å². The first-order valence-corrected chi connectivity index (χ1v) is 15.0. The number of hydrogen-bond acceptors (Lipinski definition) is 8. The van der Waals surface area contributed by atoms with Gasteiger partial charge in [-0.15, -0.1) is 0 Å². The Morgan fingerprint density at radius 2 is 0.756 bits per heavy atom. The Bertz CT molecular complexity index is 1680. The summed E-state index contributed by atoms with van der Waals surface area (Å²) in [5.41, 5.74) is 0.772. The van der Waals surface area contributed by atoms with Gasteiger partial charge in [0.15, 0.2) is 11.6 Å². The molecule has 0 saturated heterocycles. The summed E-state index contributed by atoms with van der Waals surface area (Å²) in [4.78, 5) is 23.1. The van der Waals surface area contributed by atoms with Gasteiger partial charge >= 0.3 is 48.9 Å². The van der Waals surface area contributed by atoms with Crippen molar-refractivity contribution in [1.82, 2.24) is 0 Å². The molecule has 0 unspecified atom stereocenters. The van der Waals surface area contributed by atoms with Crippen molar-refractivity contribution in [2.75, 3.05) is 0 Å². The smallest absolute Gasteiger partial charge is 0.744 e. The summed E-state index contributed by atoms with van der Waals surface area (Å²) in [6.07, 6.45) is 0. The Kier molecular flexibility index (Phi) is 13.1. The van der Waals surface area contributed by atoms with Crippen molar-refractivity contribution >= 4 is 127 Å². The van der Waals surface area contributed by atoms with E-state index in [-0.39, 0.29) is 70.1 Å². The average Bonchev–Trinajstić information content (AvgIpc) is 2.88. The van der Waals surface area contributed by atoms with Crippen LogP contribution in [0.1, 0.15) is 31.8 Å². The molecule has 0 aliphatic carbocycles. The summed E-state index contributed by atoms with van der Waals surface area (Å²) in [5, 5.41) is 0.515. The second-order valence-corrected chi connectivity index (χ2v) is 12.3. The molecule has 4 aromatic carbocycles. The monoisotopic (exact) mass is 796 g/mol. The zero-order chi connectivity index (χ0) is 29.8. The second-order valence-electron chi connectivity index (χ2n) is 7.87. The Morgan fingerprint density at radius 1 is 0.488 bits per heavy atom. The molecule has 0 atom stereocenters. The van der Waals surface area contributed by atoms with E-state index in [9.17, 15) is 35.5 Å². The van der Waals surface area contributed by atoms with Crippen molar-refractivity contribution in [2.24, 2.45) is 0 Å². The van der Waals surface area contributed by atoms with Gasteiger partial charge in [-0.1, -0.05) is 46.4 Å². The summed E-state index contributed by atoms with van der Waals surface area (Å²) >= 11 is 22.7. The molecule has 208 valence electrons. The van der Waals surface area contributed by atoms with Crippen LogP contribution in [0.4, 0.5) is 0 Å². The summed E-state index contributed by atoms with van der Waals surface area (Å²) in [7, 11) is -9.47. The van der Waals surface area contributed by atoms with E-state index in [0.717, 1.165) is 12.1 Å². The standard InChI is InChI=1S/2C13H8Cl2O4S.Ba/c2*14-10-4-1-8(2-5-10)13(16)9-3-6-11(15)12(7-9)20(17,18)19;/h2*1-7H,(H,17,18,19);/q;;+2/p-2. The van der Waals surface area contributed by atoms with Crippen LogP contribution in [0.3, 0.4) is 0 Å². The molecule has 0 aliphatic heterocycles. The molecule has 0 aromatic heterocycles. The molecule has 0 bridgehead atoms. The molecule has 0 radical (unpaired) electrons. The van der Waals surface area contributed by atoms with Gasteiger partial charge in [0, 0.05) is 32.3 Å². The molecule has 4 aromatic rings. The maximum absolute atomic E-state index is 12.2. The Balaban J connectivity index is 0.000000280. The van der Waals surface area contributed by atoms with Gasteiger partial charge in [-0.25, -0.2) is 16.8 Å². The SMILES string of the molecule is O=C(c1ccc(Cl)cc1)c1ccc(Cl)c(S(=O)(=O)[O-])c1.O=C(c1ccc(Cl)cc1)c1ccc(Cl)c(S(=O)(=O)[O-])c1.[Ba+2]. The van der Waals surface area contributed by atoms with Crippen LogP contribution in [0.15, 0.2) is 94.7 Å². The van der Waals surface area contributed by atoms with Crippen molar-refractivity contribution < 1.29 is 35.5 Å². The van der Waals surface area contributed by atoms with E-state index >= 15 is 0 Å². The maximum Gasteiger partial charge on any atom is 2.00 e. The minimum atomic E-state index is -4.73. The van der Waals surface area contributed by atoms with Gasteiger partial charge in [-0.05, 0) is 84.9 Å². The Hall–Kier alpha value is -1.23. The first-order valence-electron chi connectivity index (χ1n) is 10.7. The van der Waals surface area contributed by atoms with Gasteiger partial charge < -0.3 is 9.11 Å². The van der Waals surface area contributed by atoms with Crippen molar-refractivity contribution in [3.63, 3.8) is 0 Å². The van der Waals surface area contributed by atoms with E-state index in [1.807, 2.05) is 0 Å². The predicted molar refractivity (Wildman–Crippen MR) is 154 cm³/mol. The van der Waals surface area contributed by atoms with Crippen molar-refractivity contribution in [3.8, 4) is 0 Å². The number of ketones is 2. The third-order valence-corrected chi connectivity index (χ3v) is 8.28. The van der Waals surface area contributed by atoms with E-state index in [1.165, 1.54) is 72.8 Å². The summed E-state index contributed by atoms with van der Waals surface area (Å²) in [6, 6.07) is 19.2. The molecule has 4 rings (SSSR count). The number of benzene rings is 4. The van der Waals surface area contributed by atoms with E-state index in [4.69, 9.17) is 46.4 Å². The normalized spacial score (nSPS) is 11.1. The molecule has 0 aliphatic rings. The van der Waals surface area contributed by atoms with Crippen molar-refractivity contribution in [2.45, 2.75) is 9.79 Å². The van der Waals surface area contributed by atoms with Crippen LogP contribution in [-0.4, -0.2) is 86.4 Å². The fourth-order valence-corrected chi connectivity index (χ4v) is 5.42. The van der Waals surface area contributed by atoms with Gasteiger partial charge in [0.25, 0.3) is 0 Å². The molecule has 41 heavy (non-hydrogen) atoms. The van der Waals surface area contributed by atoms with Gasteiger partial charge in [0.05, 0.1) is 19.8 Å². The maximum atomic E-state index is 12.2. The molecule has 0 heterocycles. The Morgan fingerprint density at radius 3 is 1.02 bits per heavy atom. The van der Waals surface area contributed by atoms with Gasteiger partial charge in [0.1, 0.15) is 20.2 Å². The zero-order valence-electron chi connectivity index (χ0n) is 20.4. The average molecular weight is 798 g/mol. The molecular weight excluding hydrogens is 784 g/mol. The van der Waals surface area contributed by atoms with Crippen molar-refractivity contribution in [1.29, 1.82) is 0 Å². The van der Waals surface area contributed by atoms with Gasteiger partial charge in [0.2, 0.25) is 0 Å². The topological polar surface area (TPSA) is 149 Å².